The number of rotatable bonds is 5. The fourth-order valence-electron chi connectivity index (χ4n) is 2.26. The van der Waals surface area contributed by atoms with Crippen LogP contribution in [0, 0.1) is 10.1 Å². The second kappa shape index (κ2) is 7.14. The van der Waals surface area contributed by atoms with Crippen molar-refractivity contribution in [2.75, 3.05) is 5.32 Å². The summed E-state index contributed by atoms with van der Waals surface area (Å²) in [5, 5.41) is 18.2. The number of halogens is 1. The second-order valence-corrected chi connectivity index (χ2v) is 5.72. The molecule has 0 unspecified atom stereocenters. The van der Waals surface area contributed by atoms with Crippen LogP contribution in [-0.4, -0.2) is 20.6 Å². The molecule has 0 radical (unpaired) electrons. The highest BCUT2D eigenvalue weighted by Gasteiger charge is 2.11. The number of carbonyl (C=O) groups excluding carboxylic acids is 1. The van der Waals surface area contributed by atoms with Gasteiger partial charge < -0.3 is 5.32 Å². The van der Waals surface area contributed by atoms with E-state index in [1.807, 2.05) is 18.2 Å². The largest absolute Gasteiger partial charge is 0.305 e. The molecule has 25 heavy (non-hydrogen) atoms. The Kier molecular flexibility index (Phi) is 4.76. The molecule has 0 fully saturated rings. The quantitative estimate of drug-likeness (QED) is 0.557. The maximum atomic E-state index is 12.2. The third-order valence-electron chi connectivity index (χ3n) is 3.46. The monoisotopic (exact) mass is 356 g/mol. The Labute approximate surface area is 148 Å². The van der Waals surface area contributed by atoms with Crippen LogP contribution in [0.4, 0.5) is 11.5 Å². The zero-order valence-corrected chi connectivity index (χ0v) is 13.7. The van der Waals surface area contributed by atoms with Gasteiger partial charge in [-0.3, -0.25) is 19.6 Å². The number of nitro benzene ring substituents is 1. The first-order valence-electron chi connectivity index (χ1n) is 7.35. The van der Waals surface area contributed by atoms with Crippen molar-refractivity contribution in [3.8, 4) is 0 Å². The average Bonchev–Trinajstić information content (AvgIpc) is 3.01. The number of carbonyl (C=O) groups is 1. The fourth-order valence-corrected chi connectivity index (χ4v) is 2.47. The lowest BCUT2D eigenvalue weighted by atomic mass is 10.2. The van der Waals surface area contributed by atoms with Gasteiger partial charge in [-0.15, -0.1) is 0 Å². The Balaban J connectivity index is 1.66. The Bertz CT molecular complexity index is 922. The molecule has 8 heteroatoms. The van der Waals surface area contributed by atoms with Crippen molar-refractivity contribution >= 4 is 29.0 Å². The third kappa shape index (κ3) is 4.21. The number of non-ortho nitro benzene ring substituents is 1. The van der Waals surface area contributed by atoms with Crippen molar-refractivity contribution in [2.45, 2.75) is 6.54 Å². The van der Waals surface area contributed by atoms with Crippen LogP contribution in [0.1, 0.15) is 15.9 Å². The first kappa shape index (κ1) is 16.7. The van der Waals surface area contributed by atoms with Gasteiger partial charge in [-0.25, -0.2) is 0 Å². The van der Waals surface area contributed by atoms with Crippen LogP contribution in [0.5, 0.6) is 0 Å². The number of hydrogen-bond acceptors (Lipinski definition) is 4. The highest BCUT2D eigenvalue weighted by Crippen LogP contribution is 2.15. The lowest BCUT2D eigenvalue weighted by Gasteiger charge is -2.03. The smallest absolute Gasteiger partial charge is 0.269 e. The molecule has 3 aromatic rings. The number of nitrogens with one attached hydrogen (secondary N) is 1. The van der Waals surface area contributed by atoms with E-state index in [1.54, 1.807) is 23.0 Å². The predicted molar refractivity (Wildman–Crippen MR) is 93.8 cm³/mol. The van der Waals surface area contributed by atoms with E-state index in [0.717, 1.165) is 5.56 Å². The third-order valence-corrected chi connectivity index (χ3v) is 3.69. The molecule has 0 saturated carbocycles. The summed E-state index contributed by atoms with van der Waals surface area (Å²) in [5.41, 5.74) is 1.24. The van der Waals surface area contributed by atoms with E-state index in [4.69, 9.17) is 11.6 Å². The lowest BCUT2D eigenvalue weighted by molar-refractivity contribution is -0.384. The van der Waals surface area contributed by atoms with Gasteiger partial charge >= 0.3 is 0 Å². The fraction of sp³-hybridized carbons (Fsp3) is 0.0588. The summed E-state index contributed by atoms with van der Waals surface area (Å²) >= 11 is 5.95. The molecule has 0 saturated heterocycles. The molecule has 7 nitrogen and oxygen atoms in total. The molecular weight excluding hydrogens is 344 g/mol. The van der Waals surface area contributed by atoms with Crippen LogP contribution in [0.15, 0.2) is 60.8 Å². The number of nitro groups is 1. The van der Waals surface area contributed by atoms with Gasteiger partial charge in [0.25, 0.3) is 11.6 Å². The molecule has 0 aliphatic heterocycles. The van der Waals surface area contributed by atoms with Crippen LogP contribution in [0.25, 0.3) is 0 Å². The van der Waals surface area contributed by atoms with Crippen molar-refractivity contribution in [2.24, 2.45) is 0 Å². The lowest BCUT2D eigenvalue weighted by Crippen LogP contribution is -2.12. The van der Waals surface area contributed by atoms with Crippen molar-refractivity contribution < 1.29 is 9.72 Å². The van der Waals surface area contributed by atoms with Gasteiger partial charge in [0.15, 0.2) is 5.82 Å². The first-order chi connectivity index (χ1) is 12.0. The molecule has 1 amide bonds. The number of nitrogens with zero attached hydrogens (tertiary/aromatic N) is 3. The van der Waals surface area contributed by atoms with Gasteiger partial charge in [0, 0.05) is 35.0 Å². The molecule has 1 N–H and O–H groups in total. The zero-order valence-electron chi connectivity index (χ0n) is 12.9. The van der Waals surface area contributed by atoms with E-state index < -0.39 is 4.92 Å². The van der Waals surface area contributed by atoms with Crippen LogP contribution < -0.4 is 5.32 Å². The summed E-state index contributed by atoms with van der Waals surface area (Å²) < 4.78 is 1.68. The first-order valence-corrected chi connectivity index (χ1v) is 7.73. The molecule has 0 bridgehead atoms. The minimum absolute atomic E-state index is 0.0673. The highest BCUT2D eigenvalue weighted by molar-refractivity contribution is 6.30. The number of benzene rings is 2. The summed E-state index contributed by atoms with van der Waals surface area (Å²) in [7, 11) is 0. The minimum Gasteiger partial charge on any atom is -0.305 e. The number of anilines is 1. The summed E-state index contributed by atoms with van der Waals surface area (Å²) in [5.74, 6) is 0.00767. The Morgan fingerprint density at radius 1 is 1.20 bits per heavy atom. The van der Waals surface area contributed by atoms with E-state index >= 15 is 0 Å². The van der Waals surface area contributed by atoms with E-state index in [2.05, 4.69) is 10.4 Å². The van der Waals surface area contributed by atoms with Crippen LogP contribution >= 0.6 is 11.6 Å². The average molecular weight is 357 g/mol. The molecule has 0 spiro atoms. The molecular formula is C17H13ClN4O3. The van der Waals surface area contributed by atoms with Crippen LogP contribution in [-0.2, 0) is 6.54 Å². The molecule has 0 aliphatic rings. The molecule has 0 atom stereocenters. The number of aromatic nitrogens is 2. The maximum absolute atomic E-state index is 12.2. The van der Waals surface area contributed by atoms with E-state index in [9.17, 15) is 14.9 Å². The van der Waals surface area contributed by atoms with Crippen molar-refractivity contribution in [1.29, 1.82) is 0 Å². The maximum Gasteiger partial charge on any atom is 0.269 e. The summed E-state index contributed by atoms with van der Waals surface area (Å²) in [6.45, 7) is 0.522. The molecule has 0 aliphatic carbocycles. The molecule has 3 rings (SSSR count). The standard InChI is InChI=1S/C17H13ClN4O3/c18-14-3-1-2-12(10-14)11-21-9-8-16(20-21)19-17(23)13-4-6-15(7-5-13)22(24)25/h1-10H,11H2,(H,19,20,23). The summed E-state index contributed by atoms with van der Waals surface area (Å²) in [6.07, 6.45) is 1.74. The van der Waals surface area contributed by atoms with E-state index in [-0.39, 0.29) is 11.6 Å². The summed E-state index contributed by atoms with van der Waals surface area (Å²) in [4.78, 5) is 22.3. The Morgan fingerprint density at radius 2 is 1.96 bits per heavy atom. The summed E-state index contributed by atoms with van der Waals surface area (Å²) in [6, 6.07) is 14.5. The van der Waals surface area contributed by atoms with E-state index in [1.165, 1.54) is 24.3 Å². The topological polar surface area (TPSA) is 90.1 Å². The minimum atomic E-state index is -0.515. The molecule has 1 aromatic heterocycles. The number of amides is 1. The van der Waals surface area contributed by atoms with Crippen molar-refractivity contribution in [3.05, 3.63) is 87.1 Å². The van der Waals surface area contributed by atoms with Crippen molar-refractivity contribution in [1.82, 2.24) is 9.78 Å². The highest BCUT2D eigenvalue weighted by atomic mass is 35.5. The van der Waals surface area contributed by atoms with Gasteiger partial charge in [-0.1, -0.05) is 23.7 Å². The van der Waals surface area contributed by atoms with Gasteiger partial charge in [0.2, 0.25) is 0 Å². The zero-order chi connectivity index (χ0) is 17.8. The molecule has 126 valence electrons. The van der Waals surface area contributed by atoms with Crippen molar-refractivity contribution in [3.63, 3.8) is 0 Å². The van der Waals surface area contributed by atoms with E-state index in [0.29, 0.717) is 22.9 Å². The predicted octanol–water partition coefficient (Wildman–Crippen LogP) is 3.75. The van der Waals surface area contributed by atoms with Gasteiger partial charge in [-0.2, -0.15) is 5.10 Å². The van der Waals surface area contributed by atoms with Crippen LogP contribution in [0.3, 0.4) is 0 Å². The molecule has 1 heterocycles. The number of hydrogen-bond donors (Lipinski definition) is 1. The van der Waals surface area contributed by atoms with Gasteiger partial charge in [-0.05, 0) is 29.8 Å². The Morgan fingerprint density at radius 3 is 2.64 bits per heavy atom. The van der Waals surface area contributed by atoms with Gasteiger partial charge in [0.1, 0.15) is 0 Å². The molecule has 2 aromatic carbocycles. The SMILES string of the molecule is O=C(Nc1ccn(Cc2cccc(Cl)c2)n1)c1ccc([N+](=O)[O-])cc1. The van der Waals surface area contributed by atoms with Crippen LogP contribution in [0.2, 0.25) is 5.02 Å². The second-order valence-electron chi connectivity index (χ2n) is 5.29. The Hall–Kier alpha value is -3.19. The normalized spacial score (nSPS) is 10.4. The van der Waals surface area contributed by atoms with Gasteiger partial charge in [0.05, 0.1) is 11.5 Å².